The summed E-state index contributed by atoms with van der Waals surface area (Å²) in [7, 11) is 0. The topological polar surface area (TPSA) is 24.5 Å². The van der Waals surface area contributed by atoms with E-state index in [-0.39, 0.29) is 0 Å². The standard InChI is InChI=1S/C15H30N2O/c1-12(2)14-10-17(13(3)9-16-14)11-15(4)5-7-18-8-6-15/h12-14,16H,5-11H2,1-4H3. The molecule has 3 nitrogen and oxygen atoms in total. The van der Waals surface area contributed by atoms with E-state index in [2.05, 4.69) is 37.9 Å². The predicted molar refractivity (Wildman–Crippen MR) is 75.8 cm³/mol. The van der Waals surface area contributed by atoms with Gasteiger partial charge in [0.05, 0.1) is 0 Å². The van der Waals surface area contributed by atoms with Crippen LogP contribution in [-0.4, -0.2) is 49.8 Å². The van der Waals surface area contributed by atoms with Crippen molar-refractivity contribution in [3.05, 3.63) is 0 Å². The number of hydrogen-bond acceptors (Lipinski definition) is 3. The SMILES string of the molecule is CC(C)C1CN(CC2(C)CCOCC2)C(C)CN1. The van der Waals surface area contributed by atoms with Gasteiger partial charge in [-0.25, -0.2) is 0 Å². The Morgan fingerprint density at radius 2 is 2.00 bits per heavy atom. The van der Waals surface area contributed by atoms with Crippen molar-refractivity contribution >= 4 is 0 Å². The molecular weight excluding hydrogens is 224 g/mol. The molecule has 0 radical (unpaired) electrons. The lowest BCUT2D eigenvalue weighted by Gasteiger charge is -2.45. The third kappa shape index (κ3) is 3.46. The van der Waals surface area contributed by atoms with Crippen molar-refractivity contribution < 1.29 is 4.74 Å². The summed E-state index contributed by atoms with van der Waals surface area (Å²) >= 11 is 0. The summed E-state index contributed by atoms with van der Waals surface area (Å²) in [4.78, 5) is 2.70. The molecule has 1 N–H and O–H groups in total. The lowest BCUT2D eigenvalue weighted by Crippen LogP contribution is -2.59. The predicted octanol–water partition coefficient (Wildman–Crippen LogP) is 2.12. The molecule has 2 aliphatic rings. The Hall–Kier alpha value is -0.120. The van der Waals surface area contributed by atoms with Crippen molar-refractivity contribution in [3.8, 4) is 0 Å². The maximum absolute atomic E-state index is 5.51. The molecule has 0 bridgehead atoms. The van der Waals surface area contributed by atoms with Crippen LogP contribution < -0.4 is 5.32 Å². The Morgan fingerprint density at radius 1 is 1.33 bits per heavy atom. The van der Waals surface area contributed by atoms with E-state index in [1.807, 2.05) is 0 Å². The van der Waals surface area contributed by atoms with Crippen LogP contribution in [0.4, 0.5) is 0 Å². The average molecular weight is 254 g/mol. The van der Waals surface area contributed by atoms with E-state index < -0.39 is 0 Å². The molecule has 0 aromatic rings. The number of ether oxygens (including phenoxy) is 1. The van der Waals surface area contributed by atoms with E-state index in [1.54, 1.807) is 0 Å². The van der Waals surface area contributed by atoms with Crippen molar-refractivity contribution in [2.45, 2.75) is 52.6 Å². The molecule has 2 atom stereocenters. The first-order valence-electron chi connectivity index (χ1n) is 7.55. The molecule has 0 aromatic carbocycles. The highest BCUT2D eigenvalue weighted by molar-refractivity contribution is 4.90. The fraction of sp³-hybridized carbons (Fsp3) is 1.00. The van der Waals surface area contributed by atoms with Crippen LogP contribution in [0.3, 0.4) is 0 Å². The maximum Gasteiger partial charge on any atom is 0.0471 e. The number of nitrogens with zero attached hydrogens (tertiary/aromatic N) is 1. The van der Waals surface area contributed by atoms with Gasteiger partial charge in [0.25, 0.3) is 0 Å². The molecular formula is C15H30N2O. The van der Waals surface area contributed by atoms with Crippen LogP contribution in [0.5, 0.6) is 0 Å². The summed E-state index contributed by atoms with van der Waals surface area (Å²) in [5.74, 6) is 0.725. The van der Waals surface area contributed by atoms with Crippen LogP contribution in [0, 0.1) is 11.3 Å². The highest BCUT2D eigenvalue weighted by Crippen LogP contribution is 2.32. The molecule has 2 saturated heterocycles. The number of piperazine rings is 1. The first-order chi connectivity index (χ1) is 8.50. The molecule has 106 valence electrons. The molecule has 0 saturated carbocycles. The third-order valence-electron chi connectivity index (χ3n) is 4.82. The van der Waals surface area contributed by atoms with Gasteiger partial charge >= 0.3 is 0 Å². The molecule has 2 aliphatic heterocycles. The van der Waals surface area contributed by atoms with Crippen molar-refractivity contribution in [2.24, 2.45) is 11.3 Å². The zero-order valence-corrected chi connectivity index (χ0v) is 12.5. The lowest BCUT2D eigenvalue weighted by atomic mass is 9.81. The second-order valence-electron chi connectivity index (χ2n) is 6.96. The van der Waals surface area contributed by atoms with E-state index in [4.69, 9.17) is 4.74 Å². The van der Waals surface area contributed by atoms with Gasteiger partial charge in [0, 0.05) is 44.9 Å². The maximum atomic E-state index is 5.51. The average Bonchev–Trinajstić information content (AvgIpc) is 2.32. The smallest absolute Gasteiger partial charge is 0.0471 e. The van der Waals surface area contributed by atoms with Gasteiger partial charge in [-0.3, -0.25) is 4.90 Å². The van der Waals surface area contributed by atoms with Crippen LogP contribution in [0.1, 0.15) is 40.5 Å². The van der Waals surface area contributed by atoms with E-state index in [0.717, 1.165) is 25.7 Å². The van der Waals surface area contributed by atoms with E-state index in [9.17, 15) is 0 Å². The quantitative estimate of drug-likeness (QED) is 0.835. The van der Waals surface area contributed by atoms with Crippen LogP contribution in [0.25, 0.3) is 0 Å². The van der Waals surface area contributed by atoms with Crippen molar-refractivity contribution in [3.63, 3.8) is 0 Å². The van der Waals surface area contributed by atoms with Crippen LogP contribution in [0.2, 0.25) is 0 Å². The number of hydrogen-bond donors (Lipinski definition) is 1. The monoisotopic (exact) mass is 254 g/mol. The minimum Gasteiger partial charge on any atom is -0.381 e. The number of nitrogens with one attached hydrogen (secondary N) is 1. The molecule has 2 heterocycles. The molecule has 2 unspecified atom stereocenters. The Morgan fingerprint density at radius 3 is 2.61 bits per heavy atom. The Kier molecular flexibility index (Phi) is 4.68. The second kappa shape index (κ2) is 5.89. The molecule has 0 spiro atoms. The number of rotatable bonds is 3. The van der Waals surface area contributed by atoms with Gasteiger partial charge in [-0.2, -0.15) is 0 Å². The molecule has 0 aromatic heterocycles. The molecule has 2 fully saturated rings. The van der Waals surface area contributed by atoms with Crippen molar-refractivity contribution in [2.75, 3.05) is 32.8 Å². The molecule has 3 heteroatoms. The van der Waals surface area contributed by atoms with E-state index in [1.165, 1.54) is 25.9 Å². The summed E-state index contributed by atoms with van der Waals surface area (Å²) in [6, 6.07) is 1.32. The first kappa shape index (κ1) is 14.3. The Bertz CT molecular complexity index is 261. The summed E-state index contributed by atoms with van der Waals surface area (Å²) in [5, 5.41) is 3.68. The van der Waals surface area contributed by atoms with Gasteiger partial charge in [-0.15, -0.1) is 0 Å². The van der Waals surface area contributed by atoms with Gasteiger partial charge in [0.1, 0.15) is 0 Å². The van der Waals surface area contributed by atoms with Gasteiger partial charge in [-0.05, 0) is 31.1 Å². The minimum absolute atomic E-state index is 0.464. The molecule has 2 rings (SSSR count). The fourth-order valence-corrected chi connectivity index (χ4v) is 3.13. The first-order valence-corrected chi connectivity index (χ1v) is 7.55. The molecule has 18 heavy (non-hydrogen) atoms. The third-order valence-corrected chi connectivity index (χ3v) is 4.82. The zero-order valence-electron chi connectivity index (χ0n) is 12.5. The second-order valence-corrected chi connectivity index (χ2v) is 6.96. The van der Waals surface area contributed by atoms with Crippen molar-refractivity contribution in [1.29, 1.82) is 0 Å². The van der Waals surface area contributed by atoms with Crippen molar-refractivity contribution in [1.82, 2.24) is 10.2 Å². The summed E-state index contributed by atoms with van der Waals surface area (Å²) in [6.45, 7) is 14.9. The van der Waals surface area contributed by atoms with E-state index >= 15 is 0 Å². The highest BCUT2D eigenvalue weighted by Gasteiger charge is 2.34. The van der Waals surface area contributed by atoms with Crippen LogP contribution >= 0.6 is 0 Å². The van der Waals surface area contributed by atoms with E-state index in [0.29, 0.717) is 17.5 Å². The summed E-state index contributed by atoms with van der Waals surface area (Å²) in [6.07, 6.45) is 2.44. The zero-order chi connectivity index (χ0) is 13.2. The van der Waals surface area contributed by atoms with Gasteiger partial charge in [0.15, 0.2) is 0 Å². The molecule has 0 aliphatic carbocycles. The van der Waals surface area contributed by atoms with Crippen LogP contribution in [-0.2, 0) is 4.74 Å². The fourth-order valence-electron chi connectivity index (χ4n) is 3.13. The van der Waals surface area contributed by atoms with Gasteiger partial charge in [-0.1, -0.05) is 20.8 Å². The largest absolute Gasteiger partial charge is 0.381 e. The highest BCUT2D eigenvalue weighted by atomic mass is 16.5. The Labute approximate surface area is 112 Å². The normalized spacial score (nSPS) is 33.8. The van der Waals surface area contributed by atoms with Gasteiger partial charge < -0.3 is 10.1 Å². The molecule has 0 amide bonds. The van der Waals surface area contributed by atoms with Crippen LogP contribution in [0.15, 0.2) is 0 Å². The minimum atomic E-state index is 0.464. The lowest BCUT2D eigenvalue weighted by molar-refractivity contribution is -0.0105. The summed E-state index contributed by atoms with van der Waals surface area (Å²) in [5.41, 5.74) is 0.464. The summed E-state index contributed by atoms with van der Waals surface area (Å²) < 4.78 is 5.51. The Balaban J connectivity index is 1.93. The van der Waals surface area contributed by atoms with Gasteiger partial charge in [0.2, 0.25) is 0 Å².